The molecule has 0 spiro atoms. The second-order valence-corrected chi connectivity index (χ2v) is 4.63. The quantitative estimate of drug-likeness (QED) is 0.831. The van der Waals surface area contributed by atoms with Gasteiger partial charge in [-0.05, 0) is 29.8 Å². The van der Waals surface area contributed by atoms with Crippen LogP contribution in [0.4, 0.5) is 0 Å². The zero-order valence-corrected chi connectivity index (χ0v) is 12.5. The Morgan fingerprint density at radius 3 is 2.45 bits per heavy atom. The standard InChI is InChI=1S/C17H18O5/c1-20-15-8-3-4-9-16(15)22-11-14(17(19)21-2)12-6-5-7-13(18)10-12/h3-10,14,18H,11H2,1-2H3. The molecule has 5 nitrogen and oxygen atoms in total. The van der Waals surface area contributed by atoms with Crippen molar-refractivity contribution in [3.8, 4) is 17.2 Å². The number of benzene rings is 2. The van der Waals surface area contributed by atoms with Crippen molar-refractivity contribution in [2.75, 3.05) is 20.8 Å². The van der Waals surface area contributed by atoms with Gasteiger partial charge in [-0.1, -0.05) is 24.3 Å². The van der Waals surface area contributed by atoms with E-state index in [0.29, 0.717) is 17.1 Å². The molecule has 0 saturated carbocycles. The number of esters is 1. The summed E-state index contributed by atoms with van der Waals surface area (Å²) < 4.78 is 15.7. The van der Waals surface area contributed by atoms with Gasteiger partial charge >= 0.3 is 5.97 Å². The summed E-state index contributed by atoms with van der Waals surface area (Å²) in [6.07, 6.45) is 0. The number of methoxy groups -OCH3 is 2. The van der Waals surface area contributed by atoms with Crippen LogP contribution in [0, 0.1) is 0 Å². The summed E-state index contributed by atoms with van der Waals surface area (Å²) in [5, 5.41) is 9.57. The molecule has 0 bridgehead atoms. The maximum absolute atomic E-state index is 12.0. The molecule has 1 N–H and O–H groups in total. The van der Waals surface area contributed by atoms with Crippen molar-refractivity contribution in [3.05, 3.63) is 54.1 Å². The topological polar surface area (TPSA) is 65.0 Å². The van der Waals surface area contributed by atoms with Crippen LogP contribution in [-0.2, 0) is 9.53 Å². The lowest BCUT2D eigenvalue weighted by Gasteiger charge is -2.17. The summed E-state index contributed by atoms with van der Waals surface area (Å²) in [5.74, 6) is 0.146. The number of phenols is 1. The predicted molar refractivity (Wildman–Crippen MR) is 81.4 cm³/mol. The highest BCUT2D eigenvalue weighted by atomic mass is 16.5. The molecule has 1 atom stereocenters. The Morgan fingerprint density at radius 1 is 1.09 bits per heavy atom. The molecule has 0 aliphatic heterocycles. The smallest absolute Gasteiger partial charge is 0.316 e. The van der Waals surface area contributed by atoms with E-state index in [1.165, 1.54) is 13.2 Å². The molecule has 22 heavy (non-hydrogen) atoms. The first-order valence-corrected chi connectivity index (χ1v) is 6.78. The van der Waals surface area contributed by atoms with Gasteiger partial charge in [-0.15, -0.1) is 0 Å². The number of ether oxygens (including phenoxy) is 3. The summed E-state index contributed by atoms with van der Waals surface area (Å²) in [5.41, 5.74) is 0.627. The Bertz CT molecular complexity index is 638. The van der Waals surface area contributed by atoms with E-state index in [1.807, 2.05) is 12.1 Å². The lowest BCUT2D eigenvalue weighted by atomic mass is 10.00. The van der Waals surface area contributed by atoms with Crippen LogP contribution in [0.25, 0.3) is 0 Å². The lowest BCUT2D eigenvalue weighted by molar-refractivity contribution is -0.143. The molecule has 0 saturated heterocycles. The van der Waals surface area contributed by atoms with Gasteiger partial charge in [0.1, 0.15) is 18.3 Å². The second-order valence-electron chi connectivity index (χ2n) is 4.63. The SMILES string of the molecule is COC(=O)C(COc1ccccc1OC)c1cccc(O)c1. The van der Waals surface area contributed by atoms with Crippen LogP contribution in [0.15, 0.2) is 48.5 Å². The van der Waals surface area contributed by atoms with Crippen molar-refractivity contribution in [1.29, 1.82) is 0 Å². The van der Waals surface area contributed by atoms with Gasteiger partial charge in [0.2, 0.25) is 0 Å². The van der Waals surface area contributed by atoms with E-state index in [1.54, 1.807) is 37.4 Å². The highest BCUT2D eigenvalue weighted by Crippen LogP contribution is 2.28. The van der Waals surface area contributed by atoms with E-state index >= 15 is 0 Å². The molecule has 0 aliphatic carbocycles. The van der Waals surface area contributed by atoms with Crippen molar-refractivity contribution in [2.24, 2.45) is 0 Å². The third-order valence-electron chi connectivity index (χ3n) is 3.23. The summed E-state index contributed by atoms with van der Waals surface area (Å²) in [7, 11) is 2.87. The summed E-state index contributed by atoms with van der Waals surface area (Å²) in [4.78, 5) is 12.0. The molecule has 0 aromatic heterocycles. The molecule has 0 heterocycles. The van der Waals surface area contributed by atoms with Crippen LogP contribution >= 0.6 is 0 Å². The molecule has 0 fully saturated rings. The van der Waals surface area contributed by atoms with Crippen LogP contribution in [0.2, 0.25) is 0 Å². The van der Waals surface area contributed by atoms with E-state index in [2.05, 4.69) is 0 Å². The van der Waals surface area contributed by atoms with E-state index in [0.717, 1.165) is 0 Å². The minimum atomic E-state index is -0.637. The maximum atomic E-state index is 12.0. The number of para-hydroxylation sites is 2. The largest absolute Gasteiger partial charge is 0.508 e. The number of carbonyl (C=O) groups is 1. The van der Waals surface area contributed by atoms with E-state index in [9.17, 15) is 9.90 Å². The highest BCUT2D eigenvalue weighted by molar-refractivity contribution is 5.78. The van der Waals surface area contributed by atoms with Gasteiger partial charge in [-0.25, -0.2) is 0 Å². The average molecular weight is 302 g/mol. The van der Waals surface area contributed by atoms with Crippen molar-refractivity contribution < 1.29 is 24.1 Å². The minimum Gasteiger partial charge on any atom is -0.508 e. The first-order valence-electron chi connectivity index (χ1n) is 6.78. The predicted octanol–water partition coefficient (Wildman–Crippen LogP) is 2.74. The molecule has 0 radical (unpaired) electrons. The normalized spacial score (nSPS) is 11.5. The average Bonchev–Trinajstić information content (AvgIpc) is 2.55. The molecule has 1 unspecified atom stereocenters. The van der Waals surface area contributed by atoms with E-state index in [-0.39, 0.29) is 12.4 Å². The van der Waals surface area contributed by atoms with Crippen LogP contribution in [0.5, 0.6) is 17.2 Å². The molecule has 2 rings (SSSR count). The third kappa shape index (κ3) is 3.69. The number of rotatable bonds is 6. The van der Waals surface area contributed by atoms with Gasteiger partial charge < -0.3 is 19.3 Å². The molecule has 2 aromatic rings. The Labute approximate surface area is 129 Å². The van der Waals surface area contributed by atoms with Crippen molar-refractivity contribution in [1.82, 2.24) is 0 Å². The van der Waals surface area contributed by atoms with E-state index in [4.69, 9.17) is 14.2 Å². The number of aromatic hydroxyl groups is 1. The molecular weight excluding hydrogens is 284 g/mol. The zero-order valence-electron chi connectivity index (χ0n) is 12.5. The maximum Gasteiger partial charge on any atom is 0.316 e. The monoisotopic (exact) mass is 302 g/mol. The zero-order chi connectivity index (χ0) is 15.9. The summed E-state index contributed by atoms with van der Waals surface area (Å²) >= 11 is 0. The van der Waals surface area contributed by atoms with Crippen LogP contribution < -0.4 is 9.47 Å². The number of hydrogen-bond acceptors (Lipinski definition) is 5. The second kappa shape index (κ2) is 7.36. The number of hydrogen-bond donors (Lipinski definition) is 1. The Kier molecular flexibility index (Phi) is 5.25. The van der Waals surface area contributed by atoms with Gasteiger partial charge in [-0.3, -0.25) is 4.79 Å². The first kappa shape index (κ1) is 15.7. The molecule has 0 aliphatic rings. The number of phenolic OH excluding ortho intramolecular Hbond substituents is 1. The minimum absolute atomic E-state index is 0.0799. The van der Waals surface area contributed by atoms with Gasteiger partial charge in [0, 0.05) is 0 Å². The van der Waals surface area contributed by atoms with Gasteiger partial charge in [0.15, 0.2) is 11.5 Å². The molecule has 116 valence electrons. The first-order chi connectivity index (χ1) is 10.7. The van der Waals surface area contributed by atoms with E-state index < -0.39 is 11.9 Å². The Morgan fingerprint density at radius 2 is 1.82 bits per heavy atom. The fourth-order valence-corrected chi connectivity index (χ4v) is 2.10. The highest BCUT2D eigenvalue weighted by Gasteiger charge is 2.23. The molecule has 0 amide bonds. The van der Waals surface area contributed by atoms with Gasteiger partial charge in [0.25, 0.3) is 0 Å². The summed E-state index contributed by atoms with van der Waals surface area (Å²) in [6.45, 7) is 0.0799. The fraction of sp³-hybridized carbons (Fsp3) is 0.235. The van der Waals surface area contributed by atoms with Crippen LogP contribution in [0.3, 0.4) is 0 Å². The summed E-state index contributed by atoms with van der Waals surface area (Å²) in [6, 6.07) is 13.7. The third-order valence-corrected chi connectivity index (χ3v) is 3.23. The lowest BCUT2D eigenvalue weighted by Crippen LogP contribution is -2.21. The Balaban J connectivity index is 2.19. The number of carbonyl (C=O) groups excluding carboxylic acids is 1. The molecule has 5 heteroatoms. The Hall–Kier alpha value is -2.69. The fourth-order valence-electron chi connectivity index (χ4n) is 2.10. The molecular formula is C17H18O5. The van der Waals surface area contributed by atoms with Gasteiger partial charge in [0.05, 0.1) is 14.2 Å². The van der Waals surface area contributed by atoms with Crippen molar-refractivity contribution in [2.45, 2.75) is 5.92 Å². The van der Waals surface area contributed by atoms with Gasteiger partial charge in [-0.2, -0.15) is 0 Å². The van der Waals surface area contributed by atoms with Crippen LogP contribution in [0.1, 0.15) is 11.5 Å². The van der Waals surface area contributed by atoms with Crippen molar-refractivity contribution >= 4 is 5.97 Å². The van der Waals surface area contributed by atoms with Crippen molar-refractivity contribution in [3.63, 3.8) is 0 Å². The van der Waals surface area contributed by atoms with Crippen LogP contribution in [-0.4, -0.2) is 31.9 Å². The molecule has 2 aromatic carbocycles.